The second-order valence-electron chi connectivity index (χ2n) is 4.92. The molecule has 2 rings (SSSR count). The highest BCUT2D eigenvalue weighted by molar-refractivity contribution is 7.10. The van der Waals surface area contributed by atoms with Crippen molar-refractivity contribution in [2.24, 2.45) is 0 Å². The van der Waals surface area contributed by atoms with E-state index >= 15 is 0 Å². The maximum Gasteiger partial charge on any atom is 0.0413 e. The summed E-state index contributed by atoms with van der Waals surface area (Å²) in [5.41, 5.74) is 0. The number of likely N-dealkylation sites (N-methyl/N-ethyl adjacent to an activating group) is 1. The van der Waals surface area contributed by atoms with Gasteiger partial charge in [0.15, 0.2) is 0 Å². The lowest BCUT2D eigenvalue weighted by Gasteiger charge is -2.30. The molecule has 1 N–H and O–H groups in total. The van der Waals surface area contributed by atoms with Crippen molar-refractivity contribution < 1.29 is 0 Å². The first-order valence-corrected chi connectivity index (χ1v) is 8.43. The predicted octanol–water partition coefficient (Wildman–Crippen LogP) is 3.98. The normalized spacial score (nSPS) is 14.7. The first-order chi connectivity index (χ1) is 9.18. The highest BCUT2D eigenvalue weighted by Crippen LogP contribution is 2.24. The van der Waals surface area contributed by atoms with E-state index in [4.69, 9.17) is 0 Å². The van der Waals surface area contributed by atoms with Gasteiger partial charge in [-0.25, -0.2) is 0 Å². The zero-order valence-electron chi connectivity index (χ0n) is 11.8. The van der Waals surface area contributed by atoms with Crippen molar-refractivity contribution in [1.29, 1.82) is 0 Å². The summed E-state index contributed by atoms with van der Waals surface area (Å²) in [6, 6.07) is 9.65. The molecule has 0 spiro atoms. The van der Waals surface area contributed by atoms with E-state index in [2.05, 4.69) is 66.1 Å². The van der Waals surface area contributed by atoms with Crippen LogP contribution in [-0.4, -0.2) is 24.5 Å². The number of hydrogen-bond acceptors (Lipinski definition) is 4. The van der Waals surface area contributed by atoms with Gasteiger partial charge >= 0.3 is 0 Å². The summed E-state index contributed by atoms with van der Waals surface area (Å²) in [7, 11) is 2.21. The van der Waals surface area contributed by atoms with Crippen LogP contribution in [0.5, 0.6) is 0 Å². The van der Waals surface area contributed by atoms with Crippen molar-refractivity contribution in [1.82, 2.24) is 10.2 Å². The number of nitrogens with zero attached hydrogens (tertiary/aromatic N) is 1. The minimum atomic E-state index is 0.485. The van der Waals surface area contributed by atoms with Gasteiger partial charge in [0.1, 0.15) is 0 Å². The molecule has 0 aliphatic heterocycles. The van der Waals surface area contributed by atoms with E-state index in [1.54, 1.807) is 0 Å². The molecule has 2 unspecified atom stereocenters. The van der Waals surface area contributed by atoms with Crippen LogP contribution in [0.3, 0.4) is 0 Å². The largest absolute Gasteiger partial charge is 0.310 e. The zero-order valence-corrected chi connectivity index (χ0v) is 13.4. The summed E-state index contributed by atoms with van der Waals surface area (Å²) >= 11 is 3.65. The van der Waals surface area contributed by atoms with Crippen molar-refractivity contribution in [3.05, 3.63) is 44.8 Å². The minimum Gasteiger partial charge on any atom is -0.310 e. The first kappa shape index (κ1) is 14.7. The smallest absolute Gasteiger partial charge is 0.0413 e. The Balaban J connectivity index is 1.77. The second kappa shape index (κ2) is 7.20. The summed E-state index contributed by atoms with van der Waals surface area (Å²) in [6.07, 6.45) is 0. The van der Waals surface area contributed by atoms with Gasteiger partial charge in [0, 0.05) is 34.9 Å². The standard InChI is InChI=1S/C15H22N2S2/c1-12(10-16-11-14-6-4-8-18-14)17(3)13(2)15-7-5-9-19-15/h4-9,12-13,16H,10-11H2,1-3H3. The van der Waals surface area contributed by atoms with Crippen LogP contribution in [0.2, 0.25) is 0 Å². The Bertz CT molecular complexity index is 450. The lowest BCUT2D eigenvalue weighted by atomic mass is 10.2. The Morgan fingerprint density at radius 3 is 2.53 bits per heavy atom. The highest BCUT2D eigenvalue weighted by atomic mass is 32.1. The fourth-order valence-electron chi connectivity index (χ4n) is 2.07. The molecular formula is C15H22N2S2. The van der Waals surface area contributed by atoms with Crippen LogP contribution in [0.1, 0.15) is 29.6 Å². The molecule has 4 heteroatoms. The van der Waals surface area contributed by atoms with Gasteiger partial charge in [-0.05, 0) is 43.8 Å². The zero-order chi connectivity index (χ0) is 13.7. The molecule has 2 aromatic heterocycles. The van der Waals surface area contributed by atoms with E-state index in [9.17, 15) is 0 Å². The molecule has 0 aliphatic rings. The van der Waals surface area contributed by atoms with Gasteiger partial charge in [-0.1, -0.05) is 12.1 Å². The number of nitrogens with one attached hydrogen (secondary N) is 1. The molecule has 0 saturated carbocycles. The average molecular weight is 294 g/mol. The molecule has 0 aromatic carbocycles. The van der Waals surface area contributed by atoms with Gasteiger partial charge < -0.3 is 5.32 Å². The highest BCUT2D eigenvalue weighted by Gasteiger charge is 2.17. The van der Waals surface area contributed by atoms with Crippen LogP contribution >= 0.6 is 22.7 Å². The molecule has 19 heavy (non-hydrogen) atoms. The van der Waals surface area contributed by atoms with Gasteiger partial charge in [0.05, 0.1) is 0 Å². The van der Waals surface area contributed by atoms with Gasteiger partial charge in [0.25, 0.3) is 0 Å². The van der Waals surface area contributed by atoms with Gasteiger partial charge in [-0.15, -0.1) is 22.7 Å². The fourth-order valence-corrected chi connectivity index (χ4v) is 3.58. The number of thiophene rings is 2. The van der Waals surface area contributed by atoms with E-state index in [-0.39, 0.29) is 0 Å². The molecule has 0 saturated heterocycles. The van der Waals surface area contributed by atoms with E-state index < -0.39 is 0 Å². The Hall–Kier alpha value is -0.680. The predicted molar refractivity (Wildman–Crippen MR) is 86.0 cm³/mol. The van der Waals surface area contributed by atoms with Crippen molar-refractivity contribution in [3.8, 4) is 0 Å². The summed E-state index contributed by atoms with van der Waals surface area (Å²) in [5, 5.41) is 7.82. The van der Waals surface area contributed by atoms with Crippen LogP contribution in [0.25, 0.3) is 0 Å². The van der Waals surface area contributed by atoms with Crippen LogP contribution < -0.4 is 5.32 Å². The van der Waals surface area contributed by atoms with Gasteiger partial charge in [-0.2, -0.15) is 0 Å². The lowest BCUT2D eigenvalue weighted by molar-refractivity contribution is 0.195. The minimum absolute atomic E-state index is 0.485. The summed E-state index contributed by atoms with van der Waals surface area (Å²) < 4.78 is 0. The summed E-state index contributed by atoms with van der Waals surface area (Å²) in [6.45, 7) is 6.56. The lowest BCUT2D eigenvalue weighted by Crippen LogP contribution is -2.38. The average Bonchev–Trinajstić information content (AvgIpc) is 3.09. The van der Waals surface area contributed by atoms with Gasteiger partial charge in [0.2, 0.25) is 0 Å². The Kier molecular flexibility index (Phi) is 5.58. The topological polar surface area (TPSA) is 15.3 Å². The third-order valence-corrected chi connectivity index (χ3v) is 5.50. The maximum absolute atomic E-state index is 3.54. The molecular weight excluding hydrogens is 272 g/mol. The van der Waals surface area contributed by atoms with E-state index in [1.165, 1.54) is 9.75 Å². The van der Waals surface area contributed by atoms with Crippen molar-refractivity contribution in [3.63, 3.8) is 0 Å². The van der Waals surface area contributed by atoms with Crippen molar-refractivity contribution in [2.75, 3.05) is 13.6 Å². The Morgan fingerprint density at radius 1 is 1.16 bits per heavy atom. The fraction of sp³-hybridized carbons (Fsp3) is 0.467. The van der Waals surface area contributed by atoms with Crippen molar-refractivity contribution in [2.45, 2.75) is 32.5 Å². The molecule has 2 aromatic rings. The Labute approximate surface area is 124 Å². The third-order valence-electron chi connectivity index (χ3n) is 3.58. The van der Waals surface area contributed by atoms with Crippen LogP contribution in [0.4, 0.5) is 0 Å². The monoisotopic (exact) mass is 294 g/mol. The van der Waals surface area contributed by atoms with Gasteiger partial charge in [-0.3, -0.25) is 4.90 Å². The van der Waals surface area contributed by atoms with E-state index in [0.717, 1.165) is 13.1 Å². The summed E-state index contributed by atoms with van der Waals surface area (Å²) in [5.74, 6) is 0. The second-order valence-corrected chi connectivity index (χ2v) is 6.93. The summed E-state index contributed by atoms with van der Waals surface area (Å²) in [4.78, 5) is 5.28. The van der Waals surface area contributed by atoms with Crippen molar-refractivity contribution >= 4 is 22.7 Å². The SMILES string of the molecule is CC(CNCc1cccs1)N(C)C(C)c1cccs1. The molecule has 2 heterocycles. The molecule has 0 bridgehead atoms. The number of rotatable bonds is 7. The molecule has 0 radical (unpaired) electrons. The van der Waals surface area contributed by atoms with E-state index in [0.29, 0.717) is 12.1 Å². The number of hydrogen-bond donors (Lipinski definition) is 1. The molecule has 0 aliphatic carbocycles. The molecule has 0 amide bonds. The molecule has 0 fully saturated rings. The Morgan fingerprint density at radius 2 is 1.89 bits per heavy atom. The van der Waals surface area contributed by atoms with Crippen LogP contribution in [-0.2, 0) is 6.54 Å². The third kappa shape index (κ3) is 4.14. The molecule has 104 valence electrons. The first-order valence-electron chi connectivity index (χ1n) is 6.67. The molecule has 2 atom stereocenters. The van der Waals surface area contributed by atoms with E-state index in [1.807, 2.05) is 22.7 Å². The molecule has 2 nitrogen and oxygen atoms in total. The quantitative estimate of drug-likeness (QED) is 0.831. The maximum atomic E-state index is 3.54. The van der Waals surface area contributed by atoms with Crippen LogP contribution in [0, 0.1) is 0 Å². The van der Waals surface area contributed by atoms with Crippen LogP contribution in [0.15, 0.2) is 35.0 Å².